The summed E-state index contributed by atoms with van der Waals surface area (Å²) in [7, 11) is 0. The molecule has 2 rings (SSSR count). The second kappa shape index (κ2) is 3.49. The second-order valence-electron chi connectivity index (χ2n) is 2.74. The van der Waals surface area contributed by atoms with Crippen molar-refractivity contribution in [2.45, 2.75) is 6.92 Å². The normalized spacial score (nSPS) is 10.4. The standard InChI is InChI=1S/C10H9NO3/c1-2-13-10(12)8-6-14-9-3-4-11-5-7(8)9/h3-6H,2H2,1H3. The number of carbonyl (C=O) groups is 1. The first-order valence-electron chi connectivity index (χ1n) is 4.31. The van der Waals surface area contributed by atoms with E-state index in [-0.39, 0.29) is 5.97 Å². The summed E-state index contributed by atoms with van der Waals surface area (Å²) in [5, 5.41) is 0.686. The van der Waals surface area contributed by atoms with E-state index in [2.05, 4.69) is 4.98 Å². The zero-order valence-electron chi connectivity index (χ0n) is 7.69. The highest BCUT2D eigenvalue weighted by atomic mass is 16.5. The number of esters is 1. The van der Waals surface area contributed by atoms with Crippen LogP contribution in [0.4, 0.5) is 0 Å². The Morgan fingerprint density at radius 2 is 2.50 bits per heavy atom. The first-order chi connectivity index (χ1) is 6.83. The van der Waals surface area contributed by atoms with E-state index in [4.69, 9.17) is 9.15 Å². The van der Waals surface area contributed by atoms with Crippen molar-refractivity contribution < 1.29 is 13.9 Å². The molecule has 4 nitrogen and oxygen atoms in total. The molecule has 0 atom stereocenters. The number of aromatic nitrogens is 1. The van der Waals surface area contributed by atoms with Crippen LogP contribution in [0.3, 0.4) is 0 Å². The Morgan fingerprint density at radius 3 is 3.29 bits per heavy atom. The van der Waals surface area contributed by atoms with Gasteiger partial charge in [0, 0.05) is 12.4 Å². The Morgan fingerprint density at radius 1 is 1.64 bits per heavy atom. The van der Waals surface area contributed by atoms with Crippen molar-refractivity contribution in [3.63, 3.8) is 0 Å². The van der Waals surface area contributed by atoms with Crippen molar-refractivity contribution in [2.75, 3.05) is 6.61 Å². The van der Waals surface area contributed by atoms with Crippen molar-refractivity contribution in [2.24, 2.45) is 0 Å². The number of hydrogen-bond acceptors (Lipinski definition) is 4. The lowest BCUT2D eigenvalue weighted by Crippen LogP contribution is -2.03. The fourth-order valence-corrected chi connectivity index (χ4v) is 1.24. The molecular formula is C10H9NO3. The van der Waals surface area contributed by atoms with Gasteiger partial charge >= 0.3 is 5.97 Å². The van der Waals surface area contributed by atoms with Gasteiger partial charge in [-0.15, -0.1) is 0 Å². The molecule has 2 aromatic rings. The van der Waals surface area contributed by atoms with Crippen molar-refractivity contribution in [3.05, 3.63) is 30.3 Å². The van der Waals surface area contributed by atoms with Gasteiger partial charge in [-0.1, -0.05) is 0 Å². The molecule has 0 bridgehead atoms. The van der Waals surface area contributed by atoms with Crippen LogP contribution in [0.25, 0.3) is 11.0 Å². The number of fused-ring (bicyclic) bond motifs is 1. The van der Waals surface area contributed by atoms with Gasteiger partial charge in [-0.25, -0.2) is 4.79 Å². The fraction of sp³-hybridized carbons (Fsp3) is 0.200. The number of ether oxygens (including phenoxy) is 1. The van der Waals surface area contributed by atoms with Crippen molar-refractivity contribution in [1.29, 1.82) is 0 Å². The van der Waals surface area contributed by atoms with Crippen LogP contribution >= 0.6 is 0 Å². The number of furan rings is 1. The predicted octanol–water partition coefficient (Wildman–Crippen LogP) is 2.00. The molecule has 0 saturated carbocycles. The lowest BCUT2D eigenvalue weighted by molar-refractivity contribution is 0.0527. The quantitative estimate of drug-likeness (QED) is 0.681. The minimum absolute atomic E-state index is 0.353. The zero-order valence-corrected chi connectivity index (χ0v) is 7.69. The Balaban J connectivity index is 2.47. The van der Waals surface area contributed by atoms with Crippen LogP contribution < -0.4 is 0 Å². The smallest absolute Gasteiger partial charge is 0.342 e. The molecule has 0 aromatic carbocycles. The number of pyridine rings is 1. The lowest BCUT2D eigenvalue weighted by atomic mass is 10.2. The van der Waals surface area contributed by atoms with Gasteiger partial charge in [0.05, 0.1) is 12.0 Å². The Bertz CT molecular complexity index is 461. The first kappa shape index (κ1) is 8.74. The first-order valence-corrected chi connectivity index (χ1v) is 4.31. The predicted molar refractivity (Wildman–Crippen MR) is 50.0 cm³/mol. The Labute approximate surface area is 80.5 Å². The molecule has 2 heterocycles. The topological polar surface area (TPSA) is 52.3 Å². The van der Waals surface area contributed by atoms with Crippen LogP contribution in [0.1, 0.15) is 17.3 Å². The van der Waals surface area contributed by atoms with Crippen LogP contribution in [-0.4, -0.2) is 17.6 Å². The van der Waals surface area contributed by atoms with E-state index in [1.165, 1.54) is 6.26 Å². The minimum Gasteiger partial charge on any atom is -0.463 e. The lowest BCUT2D eigenvalue weighted by Gasteiger charge is -1.97. The summed E-state index contributed by atoms with van der Waals surface area (Å²) in [6, 6.07) is 1.71. The van der Waals surface area contributed by atoms with Gasteiger partial charge in [-0.2, -0.15) is 0 Å². The second-order valence-corrected chi connectivity index (χ2v) is 2.74. The van der Waals surface area contributed by atoms with Crippen molar-refractivity contribution in [1.82, 2.24) is 4.98 Å². The number of hydrogen-bond donors (Lipinski definition) is 0. The fourth-order valence-electron chi connectivity index (χ4n) is 1.24. The summed E-state index contributed by atoms with van der Waals surface area (Å²) in [4.78, 5) is 15.3. The van der Waals surface area contributed by atoms with Gasteiger partial charge in [0.15, 0.2) is 0 Å². The van der Waals surface area contributed by atoms with E-state index in [1.54, 1.807) is 25.4 Å². The van der Waals surface area contributed by atoms with Crippen LogP contribution in [0.15, 0.2) is 29.1 Å². The SMILES string of the molecule is CCOC(=O)c1coc2ccncc12. The summed E-state index contributed by atoms with van der Waals surface area (Å²) in [5.41, 5.74) is 1.07. The number of carbonyl (C=O) groups excluding carboxylic acids is 1. The molecule has 72 valence electrons. The van der Waals surface area contributed by atoms with Crippen LogP contribution in [-0.2, 0) is 4.74 Å². The van der Waals surface area contributed by atoms with Gasteiger partial charge in [0.1, 0.15) is 17.4 Å². The summed E-state index contributed by atoms with van der Waals surface area (Å²) in [5.74, 6) is -0.376. The molecule has 0 fully saturated rings. The molecule has 0 spiro atoms. The minimum atomic E-state index is -0.376. The van der Waals surface area contributed by atoms with Crippen molar-refractivity contribution in [3.8, 4) is 0 Å². The van der Waals surface area contributed by atoms with Gasteiger partial charge in [0.25, 0.3) is 0 Å². The molecular weight excluding hydrogens is 182 g/mol. The molecule has 4 heteroatoms. The third-order valence-electron chi connectivity index (χ3n) is 1.87. The van der Waals surface area contributed by atoms with Gasteiger partial charge in [-0.3, -0.25) is 4.98 Å². The molecule has 2 aromatic heterocycles. The molecule has 0 aliphatic rings. The maximum atomic E-state index is 11.4. The molecule has 0 radical (unpaired) electrons. The van der Waals surface area contributed by atoms with Crippen molar-refractivity contribution >= 4 is 16.9 Å². The van der Waals surface area contributed by atoms with Gasteiger partial charge in [-0.05, 0) is 13.0 Å². The monoisotopic (exact) mass is 191 g/mol. The Kier molecular flexibility index (Phi) is 2.18. The van der Waals surface area contributed by atoms with E-state index < -0.39 is 0 Å². The van der Waals surface area contributed by atoms with Crippen LogP contribution in [0.2, 0.25) is 0 Å². The average molecular weight is 191 g/mol. The maximum Gasteiger partial charge on any atom is 0.342 e. The zero-order chi connectivity index (χ0) is 9.97. The van der Waals surface area contributed by atoms with E-state index >= 15 is 0 Å². The molecule has 0 saturated heterocycles. The van der Waals surface area contributed by atoms with Gasteiger partial charge < -0.3 is 9.15 Å². The number of rotatable bonds is 2. The van der Waals surface area contributed by atoms with Crippen LogP contribution in [0, 0.1) is 0 Å². The molecule has 0 aliphatic carbocycles. The summed E-state index contributed by atoms with van der Waals surface area (Å²) >= 11 is 0. The number of nitrogens with zero attached hydrogens (tertiary/aromatic N) is 1. The molecule has 0 N–H and O–H groups in total. The molecule has 14 heavy (non-hydrogen) atoms. The highest BCUT2D eigenvalue weighted by Crippen LogP contribution is 2.20. The third kappa shape index (κ3) is 1.35. The average Bonchev–Trinajstić information content (AvgIpc) is 2.61. The van der Waals surface area contributed by atoms with E-state index in [9.17, 15) is 4.79 Å². The van der Waals surface area contributed by atoms with E-state index in [0.29, 0.717) is 23.1 Å². The molecule has 0 amide bonds. The Hall–Kier alpha value is -1.84. The highest BCUT2D eigenvalue weighted by Gasteiger charge is 2.13. The van der Waals surface area contributed by atoms with E-state index in [0.717, 1.165) is 0 Å². The molecule has 0 unspecified atom stereocenters. The maximum absolute atomic E-state index is 11.4. The molecule has 0 aliphatic heterocycles. The summed E-state index contributed by atoms with van der Waals surface area (Å²) in [6.45, 7) is 2.12. The third-order valence-corrected chi connectivity index (χ3v) is 1.87. The largest absolute Gasteiger partial charge is 0.463 e. The van der Waals surface area contributed by atoms with Gasteiger partial charge in [0.2, 0.25) is 0 Å². The summed E-state index contributed by atoms with van der Waals surface area (Å²) < 4.78 is 10.0. The summed E-state index contributed by atoms with van der Waals surface area (Å²) in [6.07, 6.45) is 4.59. The van der Waals surface area contributed by atoms with E-state index in [1.807, 2.05) is 0 Å². The van der Waals surface area contributed by atoms with Crippen LogP contribution in [0.5, 0.6) is 0 Å². The highest BCUT2D eigenvalue weighted by molar-refractivity contribution is 6.02.